The van der Waals surface area contributed by atoms with Crippen molar-refractivity contribution < 1.29 is 28.6 Å². The molecule has 2 unspecified atom stereocenters. The van der Waals surface area contributed by atoms with Crippen LogP contribution in [0.1, 0.15) is 80.7 Å². The molecule has 0 saturated carbocycles. The summed E-state index contributed by atoms with van der Waals surface area (Å²) in [5, 5.41) is 22.7. The van der Waals surface area contributed by atoms with Crippen molar-refractivity contribution in [3.8, 4) is 11.5 Å². The number of likely N-dealkylation sites (tertiary alicyclic amines) is 1. The molecule has 256 valence electrons. The Hall–Kier alpha value is -4.29. The Labute approximate surface area is 285 Å². The summed E-state index contributed by atoms with van der Waals surface area (Å²) in [6.45, 7) is 11.5. The van der Waals surface area contributed by atoms with Crippen molar-refractivity contribution in [1.29, 1.82) is 0 Å². The molecule has 1 fully saturated rings. The second-order valence-electron chi connectivity index (χ2n) is 13.9. The average molecular weight is 676 g/mol. The number of allylic oxidation sites excluding steroid dienone is 1. The Morgan fingerprint density at radius 1 is 1.17 bits per heavy atom. The van der Waals surface area contributed by atoms with E-state index in [-0.39, 0.29) is 41.2 Å². The molecule has 0 aliphatic carbocycles. The predicted octanol–water partition coefficient (Wildman–Crippen LogP) is 5.48. The van der Waals surface area contributed by atoms with Crippen molar-refractivity contribution in [2.45, 2.75) is 89.0 Å². The van der Waals surface area contributed by atoms with Crippen LogP contribution in [0.25, 0.3) is 11.5 Å². The maximum atomic E-state index is 14.1. The van der Waals surface area contributed by atoms with Crippen LogP contribution in [0.4, 0.5) is 4.79 Å². The fraction of sp³-hybridized carbons (Fsp3) is 0.444. The van der Waals surface area contributed by atoms with Crippen LogP contribution in [0, 0.1) is 0 Å². The number of benzene rings is 2. The number of ether oxygens (including phenoxy) is 1. The van der Waals surface area contributed by atoms with Gasteiger partial charge in [0.1, 0.15) is 16.7 Å². The minimum Gasteiger partial charge on any atom is -0.445 e. The van der Waals surface area contributed by atoms with Gasteiger partial charge in [-0.2, -0.15) is 0 Å². The van der Waals surface area contributed by atoms with Crippen LogP contribution in [-0.2, 0) is 11.2 Å². The molecule has 5 rings (SSSR count). The largest absolute Gasteiger partial charge is 0.445 e. The van der Waals surface area contributed by atoms with Crippen molar-refractivity contribution in [1.82, 2.24) is 25.8 Å². The first-order chi connectivity index (χ1) is 22.7. The van der Waals surface area contributed by atoms with E-state index in [2.05, 4.69) is 33.3 Å². The molecular weight excluding hydrogens is 630 g/mol. The first-order valence-electron chi connectivity index (χ1n) is 16.2. The quantitative estimate of drug-likeness (QED) is 0.220. The topological polar surface area (TPSA) is 146 Å². The van der Waals surface area contributed by atoms with E-state index in [9.17, 15) is 19.5 Å². The van der Waals surface area contributed by atoms with Crippen molar-refractivity contribution >= 4 is 29.7 Å². The van der Waals surface area contributed by atoms with Gasteiger partial charge in [0, 0.05) is 35.5 Å². The van der Waals surface area contributed by atoms with Crippen LogP contribution in [0.3, 0.4) is 0 Å². The number of carbonyl (C=O) groups excluding carboxylic acids is 3. The second-order valence-corrected chi connectivity index (χ2v) is 15.2. The van der Waals surface area contributed by atoms with Crippen LogP contribution >= 0.6 is 11.8 Å². The Morgan fingerprint density at radius 2 is 1.90 bits per heavy atom. The molecule has 11 nitrogen and oxygen atoms in total. The number of aliphatic hydroxyl groups is 1. The summed E-state index contributed by atoms with van der Waals surface area (Å²) in [4.78, 5) is 46.4. The van der Waals surface area contributed by atoms with Crippen LogP contribution in [-0.4, -0.2) is 74.1 Å². The smallest absolute Gasteiger partial charge is 0.408 e. The zero-order valence-corrected chi connectivity index (χ0v) is 29.1. The Balaban J connectivity index is 1.37. The van der Waals surface area contributed by atoms with Gasteiger partial charge in [0.25, 0.3) is 11.8 Å². The molecule has 4 N–H and O–H groups in total. The summed E-state index contributed by atoms with van der Waals surface area (Å²) >= 11 is 1.68. The number of hydrogen-bond donors (Lipinski definition) is 4. The number of amides is 3. The van der Waals surface area contributed by atoms with Gasteiger partial charge < -0.3 is 35.1 Å². The molecule has 48 heavy (non-hydrogen) atoms. The lowest BCUT2D eigenvalue weighted by Gasteiger charge is -2.38. The zero-order valence-electron chi connectivity index (χ0n) is 28.3. The van der Waals surface area contributed by atoms with Crippen LogP contribution in [0.15, 0.2) is 76.5 Å². The number of aliphatic hydroxyl groups excluding tert-OH is 1. The van der Waals surface area contributed by atoms with Gasteiger partial charge >= 0.3 is 6.09 Å². The van der Waals surface area contributed by atoms with Crippen LogP contribution in [0.2, 0.25) is 0 Å². The van der Waals surface area contributed by atoms with Crippen molar-refractivity contribution in [2.24, 2.45) is 0 Å². The van der Waals surface area contributed by atoms with Gasteiger partial charge in [-0.05, 0) is 90.0 Å². The summed E-state index contributed by atoms with van der Waals surface area (Å²) in [5.41, 5.74) is 1.03. The molecule has 2 aliphatic rings. The number of nitrogens with one attached hydrogen (secondary N) is 3. The lowest BCUT2D eigenvalue weighted by molar-refractivity contribution is 0.0255. The summed E-state index contributed by atoms with van der Waals surface area (Å²) in [6, 6.07) is 14.3. The number of nitrogens with zero attached hydrogens (tertiary/aromatic N) is 2. The highest BCUT2D eigenvalue weighted by atomic mass is 32.2. The van der Waals surface area contributed by atoms with E-state index in [1.54, 1.807) is 57.7 Å². The summed E-state index contributed by atoms with van der Waals surface area (Å²) < 4.78 is 11.0. The van der Waals surface area contributed by atoms with Crippen molar-refractivity contribution in [3.05, 3.63) is 88.8 Å². The third-order valence-corrected chi connectivity index (χ3v) is 9.92. The highest BCUT2D eigenvalue weighted by Crippen LogP contribution is 2.41. The Kier molecular flexibility index (Phi) is 10.3. The number of carbonyl (C=O) groups is 3. The summed E-state index contributed by atoms with van der Waals surface area (Å²) in [5.74, 6) is -0.424. The lowest BCUT2D eigenvalue weighted by atomic mass is 9.87. The van der Waals surface area contributed by atoms with Gasteiger partial charge in [0.05, 0.1) is 23.9 Å². The monoisotopic (exact) mass is 675 g/mol. The highest BCUT2D eigenvalue weighted by molar-refractivity contribution is 8.03. The fourth-order valence-corrected chi connectivity index (χ4v) is 7.36. The minimum absolute atomic E-state index is 0.0544. The highest BCUT2D eigenvalue weighted by Gasteiger charge is 2.45. The Bertz CT molecular complexity index is 1660. The van der Waals surface area contributed by atoms with E-state index in [1.807, 2.05) is 42.2 Å². The number of thioether (sulfide) groups is 1. The molecular formula is C36H45N5O6S. The van der Waals surface area contributed by atoms with Gasteiger partial charge in [0.2, 0.25) is 5.89 Å². The molecule has 2 aliphatic heterocycles. The van der Waals surface area contributed by atoms with Gasteiger partial charge in [-0.3, -0.25) is 9.59 Å². The molecule has 0 bridgehead atoms. The molecule has 1 saturated heterocycles. The third kappa shape index (κ3) is 8.22. The average Bonchev–Trinajstić information content (AvgIpc) is 3.81. The van der Waals surface area contributed by atoms with Crippen LogP contribution in [0.5, 0.6) is 0 Å². The molecule has 2 aromatic carbocycles. The molecule has 12 heteroatoms. The van der Waals surface area contributed by atoms with Gasteiger partial charge in [-0.25, -0.2) is 9.78 Å². The van der Waals surface area contributed by atoms with E-state index in [4.69, 9.17) is 9.15 Å². The van der Waals surface area contributed by atoms with Gasteiger partial charge in [-0.15, -0.1) is 11.8 Å². The minimum atomic E-state index is -1.20. The van der Waals surface area contributed by atoms with Crippen molar-refractivity contribution in [3.63, 3.8) is 0 Å². The lowest BCUT2D eigenvalue weighted by Crippen LogP contribution is -2.59. The normalized spacial score (nSPS) is 21.1. The fourth-order valence-electron chi connectivity index (χ4n) is 6.26. The zero-order chi connectivity index (χ0) is 34.7. The SMILES string of the molecule is CC1=CSC(C)([C@H]2CCCN2C(=O)c2cc(C(=O)NCC(O)[C@@](C)(Cc3ccccc3)NC(=O)OC(C)(C)C)cc(-c3ncco3)c2)N1. The molecule has 1 aromatic heterocycles. The molecule has 3 heterocycles. The van der Waals surface area contributed by atoms with E-state index in [0.717, 1.165) is 24.1 Å². The molecule has 0 radical (unpaired) electrons. The summed E-state index contributed by atoms with van der Waals surface area (Å²) in [6.07, 6.45) is 3.05. The number of rotatable bonds is 10. The van der Waals surface area contributed by atoms with Crippen molar-refractivity contribution in [2.75, 3.05) is 13.1 Å². The van der Waals surface area contributed by atoms with Gasteiger partial charge in [-0.1, -0.05) is 30.3 Å². The van der Waals surface area contributed by atoms with E-state index in [0.29, 0.717) is 17.7 Å². The molecule has 0 spiro atoms. The molecule has 3 amide bonds. The molecule has 3 aromatic rings. The second kappa shape index (κ2) is 14.1. The number of hydrogen-bond acceptors (Lipinski definition) is 9. The first kappa shape index (κ1) is 35.0. The Morgan fingerprint density at radius 3 is 2.54 bits per heavy atom. The number of aromatic nitrogens is 1. The third-order valence-electron chi connectivity index (χ3n) is 8.59. The van der Waals surface area contributed by atoms with Gasteiger partial charge in [0.15, 0.2) is 0 Å². The van der Waals surface area contributed by atoms with E-state index < -0.39 is 29.2 Å². The predicted molar refractivity (Wildman–Crippen MR) is 185 cm³/mol. The van der Waals surface area contributed by atoms with E-state index in [1.165, 1.54) is 12.5 Å². The first-order valence-corrected chi connectivity index (χ1v) is 17.0. The standard InChI is InChI=1S/C36H45N5O6S/c1-23-22-48-36(6,39-23)28-13-10-15-41(28)32(44)27-18-25(17-26(19-27)31-37-14-16-46-31)30(43)38-21-29(42)35(5,20-24-11-8-7-9-12-24)40-33(45)47-34(2,3)4/h7-9,11-12,14,16-19,22,28-29,39,42H,10,13,15,20-21H2,1-6H3,(H,38,43)(H,40,45)/t28-,29?,35-,36?/m1/s1. The van der Waals surface area contributed by atoms with E-state index >= 15 is 0 Å². The summed E-state index contributed by atoms with van der Waals surface area (Å²) in [7, 11) is 0. The number of oxazole rings is 1. The maximum absolute atomic E-state index is 14.1. The number of alkyl carbamates (subject to hydrolysis) is 1. The molecule has 4 atom stereocenters. The van der Waals surface area contributed by atoms with Crippen LogP contribution < -0.4 is 16.0 Å². The maximum Gasteiger partial charge on any atom is 0.408 e.